The number of furan rings is 2. The Bertz CT molecular complexity index is 3970. The van der Waals surface area contributed by atoms with E-state index in [0.717, 1.165) is 111 Å². The Balaban J connectivity index is 1.06. The molecule has 0 saturated carbocycles. The molecule has 10 aromatic carbocycles. The third kappa shape index (κ3) is 7.62. The number of para-hydroxylation sites is 4. The molecule has 0 amide bonds. The summed E-state index contributed by atoms with van der Waals surface area (Å²) in [4.78, 5) is 4.69. The number of nitrogens with zero attached hydrogens (tertiary/aromatic N) is 2. The van der Waals surface area contributed by atoms with E-state index in [1.165, 1.54) is 16.5 Å². The van der Waals surface area contributed by atoms with E-state index in [9.17, 15) is 0 Å². The molecular formula is C66H48N2O2. The van der Waals surface area contributed by atoms with E-state index in [4.69, 9.17) is 8.83 Å². The van der Waals surface area contributed by atoms with E-state index in [-0.39, 0.29) is 0 Å². The number of rotatable bonds is 11. The fraction of sp³-hybridized carbons (Fsp3) is 0.0303. The number of anilines is 5. The van der Waals surface area contributed by atoms with Crippen molar-refractivity contribution in [2.75, 3.05) is 9.80 Å². The van der Waals surface area contributed by atoms with Gasteiger partial charge in [-0.15, -0.1) is 0 Å². The molecule has 0 aliphatic rings. The van der Waals surface area contributed by atoms with Crippen LogP contribution in [0.2, 0.25) is 0 Å². The highest BCUT2D eigenvalue weighted by Crippen LogP contribution is 2.46. The van der Waals surface area contributed by atoms with Crippen molar-refractivity contribution >= 4 is 88.8 Å². The van der Waals surface area contributed by atoms with Crippen LogP contribution in [0.1, 0.15) is 18.1 Å². The van der Waals surface area contributed by atoms with E-state index in [0.29, 0.717) is 0 Å². The van der Waals surface area contributed by atoms with Crippen molar-refractivity contribution in [3.05, 3.63) is 266 Å². The van der Waals surface area contributed by atoms with Crippen LogP contribution in [0.5, 0.6) is 0 Å². The number of allylic oxidation sites excluding steroid dienone is 4. The first kappa shape index (κ1) is 42.2. The van der Waals surface area contributed by atoms with Crippen molar-refractivity contribution in [3.63, 3.8) is 0 Å². The Labute approximate surface area is 407 Å². The van der Waals surface area contributed by atoms with Crippen LogP contribution in [-0.2, 0) is 0 Å². The molecule has 70 heavy (non-hydrogen) atoms. The van der Waals surface area contributed by atoms with E-state index < -0.39 is 0 Å². The van der Waals surface area contributed by atoms with Crippen molar-refractivity contribution in [3.8, 4) is 22.3 Å². The fourth-order valence-corrected chi connectivity index (χ4v) is 10.1. The van der Waals surface area contributed by atoms with Gasteiger partial charge in [0.1, 0.15) is 11.2 Å². The molecule has 0 aliphatic heterocycles. The molecule has 0 radical (unpaired) electrons. The first-order chi connectivity index (χ1) is 34.5. The number of aryl methyl sites for hydroxylation is 1. The van der Waals surface area contributed by atoms with Crippen molar-refractivity contribution < 1.29 is 8.83 Å². The van der Waals surface area contributed by atoms with Crippen LogP contribution in [0.15, 0.2) is 264 Å². The van der Waals surface area contributed by atoms with Crippen LogP contribution in [0, 0.1) is 6.92 Å². The van der Waals surface area contributed by atoms with E-state index >= 15 is 0 Å². The van der Waals surface area contributed by atoms with Crippen molar-refractivity contribution in [1.82, 2.24) is 0 Å². The van der Waals surface area contributed by atoms with Gasteiger partial charge in [0.05, 0.1) is 17.1 Å². The van der Waals surface area contributed by atoms with Gasteiger partial charge >= 0.3 is 0 Å². The Hall–Kier alpha value is -9.12. The molecule has 4 nitrogen and oxygen atoms in total. The van der Waals surface area contributed by atoms with Crippen LogP contribution in [-0.4, -0.2) is 0 Å². The zero-order valence-electron chi connectivity index (χ0n) is 39.0. The topological polar surface area (TPSA) is 32.8 Å². The Kier molecular flexibility index (Phi) is 10.8. The molecular weight excluding hydrogens is 853 g/mol. The Morgan fingerprint density at radius 3 is 1.56 bits per heavy atom. The van der Waals surface area contributed by atoms with Crippen LogP contribution in [0.4, 0.5) is 28.4 Å². The summed E-state index contributed by atoms with van der Waals surface area (Å²) < 4.78 is 13.5. The highest BCUT2D eigenvalue weighted by Gasteiger charge is 2.24. The summed E-state index contributed by atoms with van der Waals surface area (Å²) in [5.74, 6) is 0. The van der Waals surface area contributed by atoms with E-state index in [2.05, 4.69) is 243 Å². The predicted molar refractivity (Wildman–Crippen MR) is 296 cm³/mol. The van der Waals surface area contributed by atoms with Gasteiger partial charge < -0.3 is 18.6 Å². The quantitative estimate of drug-likeness (QED) is 0.121. The first-order valence-corrected chi connectivity index (χ1v) is 23.8. The lowest BCUT2D eigenvalue weighted by atomic mass is 9.97. The summed E-state index contributed by atoms with van der Waals surface area (Å²) in [6.45, 7) is 8.41. The summed E-state index contributed by atoms with van der Waals surface area (Å²) in [6, 6.07) is 79.7. The number of hydrogen-bond donors (Lipinski definition) is 0. The van der Waals surface area contributed by atoms with Gasteiger partial charge in [-0.2, -0.15) is 0 Å². The summed E-state index contributed by atoms with van der Waals surface area (Å²) >= 11 is 0. The van der Waals surface area contributed by atoms with Gasteiger partial charge in [0.15, 0.2) is 11.2 Å². The minimum Gasteiger partial charge on any atom is -0.454 e. The molecule has 2 heterocycles. The molecule has 0 atom stereocenters. The molecule has 0 bridgehead atoms. The van der Waals surface area contributed by atoms with Crippen LogP contribution in [0.3, 0.4) is 0 Å². The SMILES string of the molecule is C=C/C=C(C)/C=C(\c1ccc2c(C)cc(N(c3ccc(-c4ccccc4)cc3)c3cccc4c3oc3ccccc34)cc2c1)N(c1ccc(-c2ccccc2)cc1)c1cccc2c1oc1ccccc12. The average molecular weight is 901 g/mol. The molecule has 0 spiro atoms. The third-order valence-corrected chi connectivity index (χ3v) is 13.4. The van der Waals surface area contributed by atoms with Crippen LogP contribution in [0.25, 0.3) is 82.6 Å². The summed E-state index contributed by atoms with van der Waals surface area (Å²) in [7, 11) is 0. The van der Waals surface area contributed by atoms with E-state index in [1.807, 2.05) is 30.3 Å². The maximum Gasteiger partial charge on any atom is 0.159 e. The van der Waals surface area contributed by atoms with Crippen LogP contribution < -0.4 is 9.80 Å². The smallest absolute Gasteiger partial charge is 0.159 e. The lowest BCUT2D eigenvalue weighted by molar-refractivity contribution is 0.669. The normalized spacial score (nSPS) is 12.1. The molecule has 4 heteroatoms. The monoisotopic (exact) mass is 900 g/mol. The Morgan fingerprint density at radius 2 is 0.957 bits per heavy atom. The molecule has 334 valence electrons. The third-order valence-electron chi connectivity index (χ3n) is 13.4. The zero-order valence-corrected chi connectivity index (χ0v) is 39.0. The Morgan fingerprint density at radius 1 is 0.443 bits per heavy atom. The zero-order chi connectivity index (χ0) is 47.1. The van der Waals surface area contributed by atoms with Gasteiger partial charge in [-0.25, -0.2) is 0 Å². The summed E-state index contributed by atoms with van der Waals surface area (Å²) in [5, 5.41) is 6.59. The molecule has 0 unspecified atom stereocenters. The molecule has 0 fully saturated rings. The van der Waals surface area contributed by atoms with Gasteiger partial charge in [0.25, 0.3) is 0 Å². The average Bonchev–Trinajstić information content (AvgIpc) is 3.99. The van der Waals surface area contributed by atoms with Gasteiger partial charge in [-0.1, -0.05) is 176 Å². The van der Waals surface area contributed by atoms with Gasteiger partial charge in [0.2, 0.25) is 0 Å². The van der Waals surface area contributed by atoms with Gasteiger partial charge in [-0.05, 0) is 136 Å². The highest BCUT2D eigenvalue weighted by atomic mass is 16.3. The van der Waals surface area contributed by atoms with Crippen LogP contribution >= 0.6 is 0 Å². The first-order valence-electron chi connectivity index (χ1n) is 23.8. The molecule has 0 saturated heterocycles. The summed E-state index contributed by atoms with van der Waals surface area (Å²) in [6.07, 6.45) is 6.17. The molecule has 0 aliphatic carbocycles. The van der Waals surface area contributed by atoms with E-state index in [1.54, 1.807) is 0 Å². The van der Waals surface area contributed by atoms with Crippen molar-refractivity contribution in [2.45, 2.75) is 13.8 Å². The molecule has 12 rings (SSSR count). The maximum atomic E-state index is 6.80. The lowest BCUT2D eigenvalue weighted by Crippen LogP contribution is -2.16. The summed E-state index contributed by atoms with van der Waals surface area (Å²) in [5.41, 5.74) is 17.2. The maximum absolute atomic E-state index is 6.80. The second-order valence-electron chi connectivity index (χ2n) is 17.9. The molecule has 2 aromatic heterocycles. The lowest BCUT2D eigenvalue weighted by Gasteiger charge is -2.29. The standard InChI is InChI=1S/C66H48N2O2/c1-4-17-44(2)40-62(68(53-37-32-49(33-38-53)47-20-9-6-10-21-47)61-27-16-25-59-57-23-12-14-29-64(57)70-66(59)61)50-34-39-55-45(3)41-54(43-51(55)42-50)67(52-35-30-48(31-36-52)46-18-7-5-8-19-46)60-26-15-24-58-56-22-11-13-28-63(56)69-65(58)60/h4-43H,1H2,2-3H3/b44-17+,62-40+. The number of fused-ring (bicyclic) bond motifs is 7. The van der Waals surface area contributed by atoms with Crippen molar-refractivity contribution in [1.29, 1.82) is 0 Å². The predicted octanol–water partition coefficient (Wildman–Crippen LogP) is 19.1. The van der Waals surface area contributed by atoms with Gasteiger partial charge in [0, 0.05) is 38.6 Å². The van der Waals surface area contributed by atoms with Gasteiger partial charge in [-0.3, -0.25) is 0 Å². The molecule has 12 aromatic rings. The fourth-order valence-electron chi connectivity index (χ4n) is 10.1. The van der Waals surface area contributed by atoms with Crippen molar-refractivity contribution in [2.24, 2.45) is 0 Å². The second-order valence-corrected chi connectivity index (χ2v) is 17.9. The minimum atomic E-state index is 0.819. The second kappa shape index (κ2) is 17.8. The number of hydrogen-bond acceptors (Lipinski definition) is 4. The highest BCUT2D eigenvalue weighted by molar-refractivity contribution is 6.12. The molecule has 0 N–H and O–H groups in total. The minimum absolute atomic E-state index is 0.819. The largest absolute Gasteiger partial charge is 0.454 e. The number of benzene rings is 10.